The van der Waals surface area contributed by atoms with Crippen molar-refractivity contribution in [2.75, 3.05) is 19.3 Å². The van der Waals surface area contributed by atoms with Crippen molar-refractivity contribution in [3.63, 3.8) is 0 Å². The zero-order valence-electron chi connectivity index (χ0n) is 8.02. The van der Waals surface area contributed by atoms with Crippen molar-refractivity contribution in [1.29, 1.82) is 0 Å². The first-order chi connectivity index (χ1) is 5.73. The number of sulfonamides is 1. The van der Waals surface area contributed by atoms with Crippen molar-refractivity contribution in [2.24, 2.45) is 5.92 Å². The topological polar surface area (TPSA) is 74.7 Å². The van der Waals surface area contributed by atoms with Gasteiger partial charge in [0.05, 0.1) is 6.26 Å². The molecular formula is C7H15NO4S. The molecule has 0 heterocycles. The molecule has 0 aromatic heterocycles. The maximum atomic E-state index is 11.1. The minimum atomic E-state index is -3.40. The molecule has 0 rings (SSSR count). The number of carboxylic acids is 1. The molecule has 1 N–H and O–H groups in total. The molecule has 0 spiro atoms. The molecule has 0 saturated carbocycles. The van der Waals surface area contributed by atoms with E-state index in [1.807, 2.05) is 13.8 Å². The standard InChI is InChI=1S/C7H15NO4S/c1-6(2)4-8(5-7(9)10)13(3,11)12/h6H,4-5H2,1-3H3,(H,9,10). The summed E-state index contributed by atoms with van der Waals surface area (Å²) in [5.41, 5.74) is 0. The molecule has 6 heteroatoms. The normalized spacial score (nSPS) is 12.4. The van der Waals surface area contributed by atoms with E-state index in [-0.39, 0.29) is 12.5 Å². The Bertz CT molecular complexity index is 270. The second-order valence-electron chi connectivity index (χ2n) is 3.34. The van der Waals surface area contributed by atoms with Gasteiger partial charge in [0, 0.05) is 6.54 Å². The van der Waals surface area contributed by atoms with Crippen molar-refractivity contribution >= 4 is 16.0 Å². The first kappa shape index (κ1) is 12.4. The molecule has 0 saturated heterocycles. The summed E-state index contributed by atoms with van der Waals surface area (Å²) in [6.07, 6.45) is 1.01. The average molecular weight is 209 g/mol. The molecule has 0 bridgehead atoms. The Morgan fingerprint density at radius 3 is 2.15 bits per heavy atom. The highest BCUT2D eigenvalue weighted by Crippen LogP contribution is 2.03. The number of hydrogen-bond donors (Lipinski definition) is 1. The summed E-state index contributed by atoms with van der Waals surface area (Å²) in [6.45, 7) is 3.45. The molecule has 0 radical (unpaired) electrons. The highest BCUT2D eigenvalue weighted by molar-refractivity contribution is 7.88. The Hall–Kier alpha value is -0.620. The van der Waals surface area contributed by atoms with Crippen LogP contribution in [0.4, 0.5) is 0 Å². The predicted molar refractivity (Wildman–Crippen MR) is 48.9 cm³/mol. The van der Waals surface area contributed by atoms with Gasteiger partial charge >= 0.3 is 5.97 Å². The second kappa shape index (κ2) is 4.57. The van der Waals surface area contributed by atoms with Crippen LogP contribution in [0.3, 0.4) is 0 Å². The SMILES string of the molecule is CC(C)CN(CC(=O)O)S(C)(=O)=O. The number of rotatable bonds is 5. The maximum absolute atomic E-state index is 11.1. The van der Waals surface area contributed by atoms with Crippen LogP contribution in [-0.4, -0.2) is 43.1 Å². The molecule has 5 nitrogen and oxygen atoms in total. The third-order valence-corrected chi connectivity index (χ3v) is 2.57. The molecule has 0 atom stereocenters. The summed E-state index contributed by atoms with van der Waals surface area (Å²) >= 11 is 0. The number of carboxylic acid groups (broad SMARTS) is 1. The van der Waals surface area contributed by atoms with Crippen molar-refractivity contribution in [1.82, 2.24) is 4.31 Å². The van der Waals surface area contributed by atoms with E-state index in [1.54, 1.807) is 0 Å². The molecule has 78 valence electrons. The monoisotopic (exact) mass is 209 g/mol. The van der Waals surface area contributed by atoms with Crippen LogP contribution in [0.5, 0.6) is 0 Å². The van der Waals surface area contributed by atoms with Crippen molar-refractivity contribution in [2.45, 2.75) is 13.8 Å². The molecule has 0 aromatic carbocycles. The summed E-state index contributed by atoms with van der Waals surface area (Å²) in [6, 6.07) is 0. The summed E-state index contributed by atoms with van der Waals surface area (Å²) < 4.78 is 23.1. The molecule has 0 amide bonds. The Kier molecular flexibility index (Phi) is 4.35. The van der Waals surface area contributed by atoms with Gasteiger partial charge in [0.2, 0.25) is 10.0 Å². The number of nitrogens with zero attached hydrogens (tertiary/aromatic N) is 1. The van der Waals surface area contributed by atoms with Crippen LogP contribution in [0.25, 0.3) is 0 Å². The Labute approximate surface area is 78.4 Å². The number of hydrogen-bond acceptors (Lipinski definition) is 3. The van der Waals surface area contributed by atoms with Crippen LogP contribution in [0.1, 0.15) is 13.8 Å². The van der Waals surface area contributed by atoms with E-state index < -0.39 is 22.5 Å². The van der Waals surface area contributed by atoms with Gasteiger partial charge in [-0.15, -0.1) is 0 Å². The number of carbonyl (C=O) groups is 1. The Morgan fingerprint density at radius 2 is 1.92 bits per heavy atom. The van der Waals surface area contributed by atoms with Crippen molar-refractivity contribution in [3.05, 3.63) is 0 Å². The molecule has 0 fully saturated rings. The van der Waals surface area contributed by atoms with E-state index >= 15 is 0 Å². The minimum absolute atomic E-state index is 0.120. The molecular weight excluding hydrogens is 194 g/mol. The quantitative estimate of drug-likeness (QED) is 0.691. The van der Waals surface area contributed by atoms with Gasteiger partial charge in [-0.2, -0.15) is 4.31 Å². The maximum Gasteiger partial charge on any atom is 0.318 e. The Morgan fingerprint density at radius 1 is 1.46 bits per heavy atom. The van der Waals surface area contributed by atoms with E-state index in [1.165, 1.54) is 0 Å². The average Bonchev–Trinajstić information content (AvgIpc) is 1.81. The van der Waals surface area contributed by atoms with Gasteiger partial charge in [0.15, 0.2) is 0 Å². The van der Waals surface area contributed by atoms with Gasteiger partial charge in [0.1, 0.15) is 6.54 Å². The third-order valence-electron chi connectivity index (χ3n) is 1.35. The largest absolute Gasteiger partial charge is 0.480 e. The van der Waals surface area contributed by atoms with Crippen LogP contribution in [-0.2, 0) is 14.8 Å². The van der Waals surface area contributed by atoms with Crippen LogP contribution in [0.15, 0.2) is 0 Å². The first-order valence-corrected chi connectivity index (χ1v) is 5.75. The zero-order chi connectivity index (χ0) is 10.6. The zero-order valence-corrected chi connectivity index (χ0v) is 8.84. The number of aliphatic carboxylic acids is 1. The molecule has 0 aromatic rings. The van der Waals surface area contributed by atoms with E-state index in [0.29, 0.717) is 0 Å². The van der Waals surface area contributed by atoms with Crippen LogP contribution >= 0.6 is 0 Å². The van der Waals surface area contributed by atoms with Crippen LogP contribution < -0.4 is 0 Å². The third kappa shape index (κ3) is 5.59. The second-order valence-corrected chi connectivity index (χ2v) is 5.33. The summed E-state index contributed by atoms with van der Waals surface area (Å²) in [7, 11) is -3.40. The van der Waals surface area contributed by atoms with E-state index in [4.69, 9.17) is 5.11 Å². The van der Waals surface area contributed by atoms with Gasteiger partial charge in [0.25, 0.3) is 0 Å². The van der Waals surface area contributed by atoms with Gasteiger partial charge in [-0.1, -0.05) is 13.8 Å². The van der Waals surface area contributed by atoms with Crippen molar-refractivity contribution < 1.29 is 18.3 Å². The molecule has 0 aliphatic rings. The van der Waals surface area contributed by atoms with E-state index in [9.17, 15) is 13.2 Å². The predicted octanol–water partition coefficient (Wildman–Crippen LogP) is -0.0114. The van der Waals surface area contributed by atoms with Crippen LogP contribution in [0.2, 0.25) is 0 Å². The fraction of sp³-hybridized carbons (Fsp3) is 0.857. The smallest absolute Gasteiger partial charge is 0.318 e. The lowest BCUT2D eigenvalue weighted by atomic mass is 10.2. The summed E-state index contributed by atoms with van der Waals surface area (Å²) in [5.74, 6) is -1.01. The minimum Gasteiger partial charge on any atom is -0.480 e. The lowest BCUT2D eigenvalue weighted by Gasteiger charge is -2.19. The molecule has 0 unspecified atom stereocenters. The lowest BCUT2D eigenvalue weighted by Crippen LogP contribution is -2.37. The molecule has 0 aliphatic carbocycles. The van der Waals surface area contributed by atoms with Gasteiger partial charge < -0.3 is 5.11 Å². The van der Waals surface area contributed by atoms with E-state index in [0.717, 1.165) is 10.6 Å². The summed E-state index contributed by atoms with van der Waals surface area (Å²) in [5, 5.41) is 8.45. The van der Waals surface area contributed by atoms with Gasteiger partial charge in [-0.25, -0.2) is 8.42 Å². The van der Waals surface area contributed by atoms with Gasteiger partial charge in [-0.05, 0) is 5.92 Å². The van der Waals surface area contributed by atoms with Crippen LogP contribution in [0, 0.1) is 5.92 Å². The Balaban J connectivity index is 4.47. The fourth-order valence-electron chi connectivity index (χ4n) is 0.875. The van der Waals surface area contributed by atoms with Crippen molar-refractivity contribution in [3.8, 4) is 0 Å². The fourth-order valence-corrected chi connectivity index (χ4v) is 1.79. The molecule has 0 aliphatic heterocycles. The van der Waals surface area contributed by atoms with Gasteiger partial charge in [-0.3, -0.25) is 4.79 Å². The molecule has 13 heavy (non-hydrogen) atoms. The highest BCUT2D eigenvalue weighted by Gasteiger charge is 2.20. The first-order valence-electron chi connectivity index (χ1n) is 3.90. The lowest BCUT2D eigenvalue weighted by molar-refractivity contribution is -0.137. The van der Waals surface area contributed by atoms with E-state index in [2.05, 4.69) is 0 Å². The summed E-state index contributed by atoms with van der Waals surface area (Å²) in [4.78, 5) is 10.3. The highest BCUT2D eigenvalue weighted by atomic mass is 32.2.